The molecule has 0 aliphatic carbocycles. The number of hydrogen-bond acceptors (Lipinski definition) is 6. The van der Waals surface area contributed by atoms with Crippen LogP contribution < -0.4 is 15.2 Å². The molecule has 2 aromatic carbocycles. The molecule has 168 valence electrons. The van der Waals surface area contributed by atoms with Gasteiger partial charge in [0.25, 0.3) is 5.91 Å². The number of nitrogens with zero attached hydrogens (tertiary/aromatic N) is 3. The average molecular weight is 444 g/mol. The lowest BCUT2D eigenvalue weighted by atomic mass is 10.0. The first-order valence-corrected chi connectivity index (χ1v) is 10.3. The van der Waals surface area contributed by atoms with Crippen LogP contribution in [0.15, 0.2) is 67.0 Å². The second-order valence-corrected chi connectivity index (χ2v) is 7.51. The number of anilines is 1. The van der Waals surface area contributed by atoms with Crippen LogP contribution in [-0.4, -0.2) is 47.0 Å². The highest BCUT2D eigenvalue weighted by Crippen LogP contribution is 2.36. The van der Waals surface area contributed by atoms with Gasteiger partial charge in [-0.3, -0.25) is 4.79 Å². The predicted molar refractivity (Wildman–Crippen MR) is 127 cm³/mol. The van der Waals surface area contributed by atoms with Gasteiger partial charge in [0.05, 0.1) is 19.9 Å². The third-order valence-corrected chi connectivity index (χ3v) is 5.30. The van der Waals surface area contributed by atoms with Crippen LogP contribution in [0.2, 0.25) is 0 Å². The van der Waals surface area contributed by atoms with E-state index in [1.54, 1.807) is 44.6 Å². The first-order chi connectivity index (χ1) is 16.0. The number of carbonyl (C=O) groups is 1. The summed E-state index contributed by atoms with van der Waals surface area (Å²) in [5.41, 5.74) is 10.3. The van der Waals surface area contributed by atoms with Crippen LogP contribution in [0.25, 0.3) is 22.4 Å². The fourth-order valence-corrected chi connectivity index (χ4v) is 3.62. The zero-order valence-electron chi connectivity index (χ0n) is 18.7. The highest BCUT2D eigenvalue weighted by Gasteiger charge is 2.18. The standard InChI is InChI=1S/C25H25N5O3/c1-30(15-16-7-5-4-6-8-16)24(31)20-11-18(13-27-20)23-19(14-28-25(26)29-23)17-9-10-21(32-2)22(12-17)33-3/h4-14,27H,15H2,1-3H3,(H2,26,28,29). The van der Waals surface area contributed by atoms with Gasteiger partial charge < -0.3 is 25.1 Å². The van der Waals surface area contributed by atoms with Crippen molar-refractivity contribution in [2.75, 3.05) is 27.0 Å². The molecule has 0 unspecified atom stereocenters. The minimum atomic E-state index is -0.125. The fraction of sp³-hybridized carbons (Fsp3) is 0.160. The van der Waals surface area contributed by atoms with Gasteiger partial charge in [-0.05, 0) is 29.3 Å². The van der Waals surface area contributed by atoms with Gasteiger partial charge in [0.1, 0.15) is 5.69 Å². The molecule has 0 bridgehead atoms. The predicted octanol–water partition coefficient (Wildman–Crippen LogP) is 4.01. The number of aromatic amines is 1. The second-order valence-electron chi connectivity index (χ2n) is 7.51. The van der Waals surface area contributed by atoms with E-state index in [-0.39, 0.29) is 11.9 Å². The largest absolute Gasteiger partial charge is 0.493 e. The van der Waals surface area contributed by atoms with Gasteiger partial charge in [0, 0.05) is 37.1 Å². The number of rotatable bonds is 7. The normalized spacial score (nSPS) is 10.6. The van der Waals surface area contributed by atoms with Gasteiger partial charge in [-0.15, -0.1) is 0 Å². The molecule has 33 heavy (non-hydrogen) atoms. The van der Waals surface area contributed by atoms with E-state index >= 15 is 0 Å². The summed E-state index contributed by atoms with van der Waals surface area (Å²) >= 11 is 0. The number of benzene rings is 2. The van der Waals surface area contributed by atoms with Crippen LogP contribution in [0.3, 0.4) is 0 Å². The first kappa shape index (κ1) is 21.9. The van der Waals surface area contributed by atoms with Crippen molar-refractivity contribution in [2.45, 2.75) is 6.54 Å². The van der Waals surface area contributed by atoms with Crippen LogP contribution >= 0.6 is 0 Å². The highest BCUT2D eigenvalue weighted by molar-refractivity contribution is 5.94. The van der Waals surface area contributed by atoms with Crippen molar-refractivity contribution in [3.8, 4) is 33.9 Å². The van der Waals surface area contributed by atoms with Crippen LogP contribution in [0.5, 0.6) is 11.5 Å². The van der Waals surface area contributed by atoms with Crippen molar-refractivity contribution in [1.29, 1.82) is 0 Å². The summed E-state index contributed by atoms with van der Waals surface area (Å²) in [6.45, 7) is 0.505. The summed E-state index contributed by atoms with van der Waals surface area (Å²) in [7, 11) is 4.94. The molecule has 0 aliphatic heterocycles. The number of carbonyl (C=O) groups excluding carboxylic acids is 1. The third kappa shape index (κ3) is 4.64. The number of nitrogen functional groups attached to an aromatic ring is 1. The van der Waals surface area contributed by atoms with Crippen molar-refractivity contribution in [1.82, 2.24) is 19.9 Å². The monoisotopic (exact) mass is 443 g/mol. The number of amides is 1. The molecule has 0 saturated heterocycles. The maximum absolute atomic E-state index is 13.0. The fourth-order valence-electron chi connectivity index (χ4n) is 3.62. The Bertz CT molecular complexity index is 1270. The molecule has 0 radical (unpaired) electrons. The van der Waals surface area contributed by atoms with Gasteiger partial charge >= 0.3 is 0 Å². The number of nitrogens with two attached hydrogens (primary N) is 1. The zero-order chi connectivity index (χ0) is 23.4. The molecule has 0 fully saturated rings. The number of hydrogen-bond donors (Lipinski definition) is 2. The molecular formula is C25H25N5O3. The van der Waals surface area contributed by atoms with Crippen molar-refractivity contribution in [2.24, 2.45) is 0 Å². The molecule has 0 aliphatic rings. The summed E-state index contributed by atoms with van der Waals surface area (Å²) < 4.78 is 10.8. The number of H-pyrrole nitrogens is 1. The van der Waals surface area contributed by atoms with E-state index in [4.69, 9.17) is 15.2 Å². The summed E-state index contributed by atoms with van der Waals surface area (Å²) in [6, 6.07) is 17.2. The molecule has 4 aromatic rings. The Balaban J connectivity index is 1.66. The number of methoxy groups -OCH3 is 2. The molecule has 8 nitrogen and oxygen atoms in total. The van der Waals surface area contributed by atoms with Crippen molar-refractivity contribution in [3.05, 3.63) is 78.2 Å². The van der Waals surface area contributed by atoms with Crippen molar-refractivity contribution < 1.29 is 14.3 Å². The van der Waals surface area contributed by atoms with E-state index in [1.807, 2.05) is 48.5 Å². The molecule has 0 atom stereocenters. The van der Waals surface area contributed by atoms with E-state index in [9.17, 15) is 4.79 Å². The summed E-state index contributed by atoms with van der Waals surface area (Å²) in [5.74, 6) is 1.23. The molecule has 0 saturated carbocycles. The first-order valence-electron chi connectivity index (χ1n) is 10.3. The SMILES string of the molecule is COc1ccc(-c2cnc(N)nc2-c2c[nH]c(C(=O)N(C)Cc3ccccc3)c2)cc1OC. The number of nitrogens with one attached hydrogen (secondary N) is 1. The van der Waals surface area contributed by atoms with Gasteiger partial charge in [-0.2, -0.15) is 0 Å². The Morgan fingerprint density at radius 2 is 1.79 bits per heavy atom. The smallest absolute Gasteiger partial charge is 0.270 e. The molecule has 8 heteroatoms. The molecule has 2 aromatic heterocycles. The third-order valence-electron chi connectivity index (χ3n) is 5.30. The van der Waals surface area contributed by atoms with Gasteiger partial charge in [0.15, 0.2) is 11.5 Å². The maximum Gasteiger partial charge on any atom is 0.270 e. The summed E-state index contributed by atoms with van der Waals surface area (Å²) in [4.78, 5) is 26.3. The molecule has 1 amide bonds. The lowest BCUT2D eigenvalue weighted by molar-refractivity contribution is 0.0780. The molecule has 0 spiro atoms. The zero-order valence-corrected chi connectivity index (χ0v) is 18.7. The molecule has 3 N–H and O–H groups in total. The number of ether oxygens (including phenoxy) is 2. The second kappa shape index (κ2) is 9.44. The quantitative estimate of drug-likeness (QED) is 0.447. The van der Waals surface area contributed by atoms with Gasteiger partial charge in [-0.1, -0.05) is 36.4 Å². The summed E-state index contributed by atoms with van der Waals surface area (Å²) in [5, 5.41) is 0. The van der Waals surface area contributed by atoms with E-state index < -0.39 is 0 Å². The topological polar surface area (TPSA) is 106 Å². The lowest BCUT2D eigenvalue weighted by Gasteiger charge is -2.16. The summed E-state index contributed by atoms with van der Waals surface area (Å²) in [6.07, 6.45) is 3.41. The minimum absolute atomic E-state index is 0.125. The Morgan fingerprint density at radius 3 is 2.52 bits per heavy atom. The van der Waals surface area contributed by atoms with Gasteiger partial charge in [-0.25, -0.2) is 9.97 Å². The molecule has 2 heterocycles. The maximum atomic E-state index is 13.0. The van der Waals surface area contributed by atoms with E-state index in [2.05, 4.69) is 15.0 Å². The number of aromatic nitrogens is 3. The highest BCUT2D eigenvalue weighted by atomic mass is 16.5. The van der Waals surface area contributed by atoms with Crippen molar-refractivity contribution >= 4 is 11.9 Å². The molecular weight excluding hydrogens is 418 g/mol. The van der Waals surface area contributed by atoms with E-state index in [0.717, 1.165) is 22.3 Å². The van der Waals surface area contributed by atoms with E-state index in [0.29, 0.717) is 29.4 Å². The van der Waals surface area contributed by atoms with Crippen LogP contribution in [0.4, 0.5) is 5.95 Å². The van der Waals surface area contributed by atoms with E-state index in [1.165, 1.54) is 0 Å². The van der Waals surface area contributed by atoms with Crippen LogP contribution in [0.1, 0.15) is 16.1 Å². The molecule has 4 rings (SSSR count). The van der Waals surface area contributed by atoms with Crippen LogP contribution in [0, 0.1) is 0 Å². The van der Waals surface area contributed by atoms with Gasteiger partial charge in [0.2, 0.25) is 5.95 Å². The Hall–Kier alpha value is -4.33. The van der Waals surface area contributed by atoms with Crippen LogP contribution in [-0.2, 0) is 6.54 Å². The Morgan fingerprint density at radius 1 is 1.03 bits per heavy atom. The Labute approximate surface area is 192 Å². The average Bonchev–Trinajstić information content (AvgIpc) is 3.34. The Kier molecular flexibility index (Phi) is 6.26. The lowest BCUT2D eigenvalue weighted by Crippen LogP contribution is -2.26. The van der Waals surface area contributed by atoms with Crippen molar-refractivity contribution in [3.63, 3.8) is 0 Å². The minimum Gasteiger partial charge on any atom is -0.493 e.